The quantitative estimate of drug-likeness (QED) is 0.638. The molecule has 1 aromatic carbocycles. The number of hydrogen-bond donors (Lipinski definition) is 1. The summed E-state index contributed by atoms with van der Waals surface area (Å²) < 4.78 is 5.29. The average molecular weight is 235 g/mol. The zero-order valence-corrected chi connectivity index (χ0v) is 11.0. The van der Waals surface area contributed by atoms with Crippen LogP contribution in [0.4, 0.5) is 0 Å². The van der Waals surface area contributed by atoms with Gasteiger partial charge in [0.05, 0.1) is 13.7 Å². The van der Waals surface area contributed by atoms with Crippen molar-refractivity contribution in [3.63, 3.8) is 0 Å². The van der Waals surface area contributed by atoms with E-state index >= 15 is 0 Å². The molecular formula is C13H21N3O. The number of ether oxygens (including phenoxy) is 1. The van der Waals surface area contributed by atoms with Gasteiger partial charge >= 0.3 is 0 Å². The minimum atomic E-state index is 0.616. The average Bonchev–Trinajstić information content (AvgIpc) is 2.34. The monoisotopic (exact) mass is 235 g/mol. The number of hydrogen-bond acceptors (Lipinski definition) is 2. The number of benzene rings is 1. The number of aliphatic imine (C=N–C) groups is 1. The molecule has 0 aliphatic rings. The topological polar surface area (TPSA) is 36.9 Å². The van der Waals surface area contributed by atoms with Gasteiger partial charge in [-0.25, -0.2) is 4.99 Å². The molecule has 0 aromatic heterocycles. The van der Waals surface area contributed by atoms with E-state index in [9.17, 15) is 0 Å². The van der Waals surface area contributed by atoms with Gasteiger partial charge in [0, 0.05) is 26.2 Å². The van der Waals surface area contributed by atoms with Gasteiger partial charge in [-0.3, -0.25) is 0 Å². The Morgan fingerprint density at radius 3 is 2.65 bits per heavy atom. The Hall–Kier alpha value is -1.71. The van der Waals surface area contributed by atoms with Crippen LogP contribution in [0.3, 0.4) is 0 Å². The molecule has 0 atom stereocenters. The summed E-state index contributed by atoms with van der Waals surface area (Å²) in [5, 5.41) is 3.22. The van der Waals surface area contributed by atoms with E-state index in [1.54, 1.807) is 7.11 Å². The van der Waals surface area contributed by atoms with Gasteiger partial charge in [0.15, 0.2) is 5.96 Å². The van der Waals surface area contributed by atoms with Crippen molar-refractivity contribution in [2.75, 3.05) is 27.7 Å². The van der Waals surface area contributed by atoms with Crippen molar-refractivity contribution in [2.45, 2.75) is 13.5 Å². The van der Waals surface area contributed by atoms with Crippen LogP contribution in [0.25, 0.3) is 0 Å². The lowest BCUT2D eigenvalue weighted by molar-refractivity contribution is 0.409. The van der Waals surface area contributed by atoms with Crippen molar-refractivity contribution < 1.29 is 4.74 Å². The van der Waals surface area contributed by atoms with Crippen molar-refractivity contribution in [2.24, 2.45) is 4.99 Å². The van der Waals surface area contributed by atoms with Crippen LogP contribution in [0.1, 0.15) is 12.5 Å². The molecule has 94 valence electrons. The second-order valence-corrected chi connectivity index (χ2v) is 3.88. The largest absolute Gasteiger partial charge is 0.496 e. The van der Waals surface area contributed by atoms with E-state index in [2.05, 4.69) is 17.2 Å². The zero-order chi connectivity index (χ0) is 12.7. The molecule has 0 aliphatic heterocycles. The van der Waals surface area contributed by atoms with Gasteiger partial charge in [-0.05, 0) is 13.0 Å². The van der Waals surface area contributed by atoms with E-state index in [1.807, 2.05) is 43.3 Å². The first-order chi connectivity index (χ1) is 8.19. The van der Waals surface area contributed by atoms with Gasteiger partial charge in [0.25, 0.3) is 0 Å². The molecule has 0 spiro atoms. The highest BCUT2D eigenvalue weighted by Crippen LogP contribution is 2.17. The highest BCUT2D eigenvalue weighted by atomic mass is 16.5. The van der Waals surface area contributed by atoms with Crippen LogP contribution in [-0.2, 0) is 6.54 Å². The first-order valence-corrected chi connectivity index (χ1v) is 5.76. The predicted octanol–water partition coefficient (Wildman–Crippen LogP) is 1.72. The van der Waals surface area contributed by atoms with Crippen LogP contribution < -0.4 is 10.1 Å². The molecule has 1 aromatic rings. The summed E-state index contributed by atoms with van der Waals surface area (Å²) >= 11 is 0. The molecule has 0 aliphatic carbocycles. The zero-order valence-electron chi connectivity index (χ0n) is 11.0. The van der Waals surface area contributed by atoms with Gasteiger partial charge < -0.3 is 15.0 Å². The Morgan fingerprint density at radius 2 is 2.06 bits per heavy atom. The van der Waals surface area contributed by atoms with Crippen molar-refractivity contribution in [1.82, 2.24) is 10.2 Å². The van der Waals surface area contributed by atoms with Crippen LogP contribution in [0.15, 0.2) is 29.3 Å². The second-order valence-electron chi connectivity index (χ2n) is 3.88. The molecule has 0 amide bonds. The Bertz CT molecular complexity index is 375. The normalized spacial score (nSPS) is 11.2. The van der Waals surface area contributed by atoms with E-state index in [4.69, 9.17) is 4.74 Å². The second kappa shape index (κ2) is 6.78. The molecule has 4 nitrogen and oxygen atoms in total. The van der Waals surface area contributed by atoms with E-state index in [1.165, 1.54) is 0 Å². The molecule has 0 saturated heterocycles. The van der Waals surface area contributed by atoms with Gasteiger partial charge in [-0.1, -0.05) is 18.2 Å². The SMILES string of the molecule is CCNC(=NCc1ccccc1OC)N(C)C. The summed E-state index contributed by atoms with van der Waals surface area (Å²) in [7, 11) is 5.63. The summed E-state index contributed by atoms with van der Waals surface area (Å²) in [6.45, 7) is 3.54. The van der Waals surface area contributed by atoms with Crippen LogP contribution in [0.2, 0.25) is 0 Å². The van der Waals surface area contributed by atoms with Crippen molar-refractivity contribution >= 4 is 5.96 Å². The van der Waals surface area contributed by atoms with E-state index in [0.717, 1.165) is 23.8 Å². The Kier molecular flexibility index (Phi) is 5.33. The number of methoxy groups -OCH3 is 1. The van der Waals surface area contributed by atoms with Crippen molar-refractivity contribution in [3.8, 4) is 5.75 Å². The Balaban J connectivity index is 2.79. The number of guanidine groups is 1. The molecular weight excluding hydrogens is 214 g/mol. The maximum absolute atomic E-state index is 5.29. The lowest BCUT2D eigenvalue weighted by Crippen LogP contribution is -2.36. The minimum Gasteiger partial charge on any atom is -0.496 e. The van der Waals surface area contributed by atoms with E-state index in [0.29, 0.717) is 6.54 Å². The molecule has 0 heterocycles. The molecule has 0 radical (unpaired) electrons. The number of rotatable bonds is 4. The Labute approximate surface area is 103 Å². The maximum Gasteiger partial charge on any atom is 0.193 e. The van der Waals surface area contributed by atoms with Gasteiger partial charge in [-0.15, -0.1) is 0 Å². The van der Waals surface area contributed by atoms with Gasteiger partial charge in [0.2, 0.25) is 0 Å². The highest BCUT2D eigenvalue weighted by Gasteiger charge is 2.03. The molecule has 1 rings (SSSR count). The first kappa shape index (κ1) is 13.4. The number of nitrogens with zero attached hydrogens (tertiary/aromatic N) is 2. The third kappa shape index (κ3) is 3.98. The van der Waals surface area contributed by atoms with Gasteiger partial charge in [0.1, 0.15) is 5.75 Å². The molecule has 0 bridgehead atoms. The van der Waals surface area contributed by atoms with Crippen LogP contribution in [-0.4, -0.2) is 38.6 Å². The molecule has 0 fully saturated rings. The maximum atomic E-state index is 5.29. The van der Waals surface area contributed by atoms with Crippen LogP contribution in [0.5, 0.6) is 5.75 Å². The number of nitrogens with one attached hydrogen (secondary N) is 1. The lowest BCUT2D eigenvalue weighted by atomic mass is 10.2. The molecule has 0 unspecified atom stereocenters. The lowest BCUT2D eigenvalue weighted by Gasteiger charge is -2.16. The van der Waals surface area contributed by atoms with E-state index in [-0.39, 0.29) is 0 Å². The molecule has 0 saturated carbocycles. The standard InChI is InChI=1S/C13H21N3O/c1-5-14-13(16(2)3)15-10-11-8-6-7-9-12(11)17-4/h6-9H,5,10H2,1-4H3,(H,14,15). The van der Waals surface area contributed by atoms with Crippen molar-refractivity contribution in [1.29, 1.82) is 0 Å². The summed E-state index contributed by atoms with van der Waals surface area (Å²) in [5.41, 5.74) is 1.09. The minimum absolute atomic E-state index is 0.616. The fourth-order valence-electron chi connectivity index (χ4n) is 1.51. The summed E-state index contributed by atoms with van der Waals surface area (Å²) in [5.74, 6) is 1.77. The highest BCUT2D eigenvalue weighted by molar-refractivity contribution is 5.79. The van der Waals surface area contributed by atoms with Gasteiger partial charge in [-0.2, -0.15) is 0 Å². The third-order valence-corrected chi connectivity index (χ3v) is 2.35. The molecule has 1 N–H and O–H groups in total. The molecule has 17 heavy (non-hydrogen) atoms. The predicted molar refractivity (Wildman–Crippen MR) is 71.5 cm³/mol. The first-order valence-electron chi connectivity index (χ1n) is 5.76. The fourth-order valence-corrected chi connectivity index (χ4v) is 1.51. The molecule has 4 heteroatoms. The smallest absolute Gasteiger partial charge is 0.193 e. The summed E-state index contributed by atoms with van der Waals surface area (Å²) in [4.78, 5) is 6.51. The summed E-state index contributed by atoms with van der Waals surface area (Å²) in [6.07, 6.45) is 0. The van der Waals surface area contributed by atoms with Crippen molar-refractivity contribution in [3.05, 3.63) is 29.8 Å². The fraction of sp³-hybridized carbons (Fsp3) is 0.462. The van der Waals surface area contributed by atoms with E-state index < -0.39 is 0 Å². The van der Waals surface area contributed by atoms with Crippen LogP contribution >= 0.6 is 0 Å². The van der Waals surface area contributed by atoms with Crippen LogP contribution in [0, 0.1) is 0 Å². The summed E-state index contributed by atoms with van der Waals surface area (Å²) in [6, 6.07) is 7.94. The third-order valence-electron chi connectivity index (χ3n) is 2.35. The Morgan fingerprint density at radius 1 is 1.35 bits per heavy atom. The number of para-hydroxylation sites is 1.